The van der Waals surface area contributed by atoms with E-state index < -0.39 is 0 Å². The Labute approximate surface area is 110 Å². The number of fused-ring (bicyclic) bond motifs is 1. The molecule has 0 spiro atoms. The van der Waals surface area contributed by atoms with Gasteiger partial charge in [0.25, 0.3) is 0 Å². The van der Waals surface area contributed by atoms with Gasteiger partial charge in [-0.3, -0.25) is 0 Å². The van der Waals surface area contributed by atoms with E-state index in [9.17, 15) is 4.79 Å². The molecular formula is C15H12N2O2. The molecule has 2 aromatic carbocycles. The number of nitrogens with zero attached hydrogens (tertiary/aromatic N) is 2. The topological polar surface area (TPSA) is 44.1 Å². The van der Waals surface area contributed by atoms with Crippen molar-refractivity contribution in [1.29, 1.82) is 0 Å². The molecule has 3 rings (SSSR count). The van der Waals surface area contributed by atoms with Crippen LogP contribution in [0.15, 0.2) is 54.7 Å². The van der Waals surface area contributed by atoms with Gasteiger partial charge in [0.1, 0.15) is 0 Å². The first-order valence-electron chi connectivity index (χ1n) is 5.92. The lowest BCUT2D eigenvalue weighted by molar-refractivity contribution is 0.0603. The first kappa shape index (κ1) is 11.5. The molecule has 0 bridgehead atoms. The second-order valence-electron chi connectivity index (χ2n) is 4.12. The molecule has 0 N–H and O–H groups in total. The molecule has 0 aliphatic rings. The highest BCUT2D eigenvalue weighted by atomic mass is 16.5. The van der Waals surface area contributed by atoms with Crippen molar-refractivity contribution in [3.63, 3.8) is 0 Å². The zero-order chi connectivity index (χ0) is 13.2. The van der Waals surface area contributed by atoms with Crippen molar-refractivity contribution in [2.45, 2.75) is 0 Å². The van der Waals surface area contributed by atoms with E-state index in [0.29, 0.717) is 5.56 Å². The monoisotopic (exact) mass is 252 g/mol. The van der Waals surface area contributed by atoms with E-state index in [1.807, 2.05) is 47.1 Å². The Kier molecular flexibility index (Phi) is 2.76. The number of methoxy groups -OCH3 is 1. The Balaban J connectivity index is 2.23. The van der Waals surface area contributed by atoms with Crippen molar-refractivity contribution in [1.82, 2.24) is 9.78 Å². The zero-order valence-corrected chi connectivity index (χ0v) is 10.4. The lowest BCUT2D eigenvalue weighted by atomic mass is 10.1. The van der Waals surface area contributed by atoms with Crippen molar-refractivity contribution >= 4 is 16.9 Å². The van der Waals surface area contributed by atoms with Crippen LogP contribution in [-0.2, 0) is 4.74 Å². The third kappa shape index (κ3) is 1.87. The normalized spacial score (nSPS) is 10.6. The lowest BCUT2D eigenvalue weighted by Crippen LogP contribution is -2.01. The highest BCUT2D eigenvalue weighted by Gasteiger charge is 2.13. The molecule has 4 heteroatoms. The van der Waals surface area contributed by atoms with E-state index in [2.05, 4.69) is 5.10 Å². The van der Waals surface area contributed by atoms with Gasteiger partial charge in [-0.25, -0.2) is 9.48 Å². The first-order chi connectivity index (χ1) is 9.31. The van der Waals surface area contributed by atoms with Gasteiger partial charge in [0.15, 0.2) is 0 Å². The number of hydrogen-bond acceptors (Lipinski definition) is 3. The number of ether oxygens (including phenoxy) is 1. The fourth-order valence-corrected chi connectivity index (χ4v) is 2.11. The number of aromatic nitrogens is 2. The van der Waals surface area contributed by atoms with Gasteiger partial charge in [-0.2, -0.15) is 5.10 Å². The zero-order valence-electron chi connectivity index (χ0n) is 10.4. The summed E-state index contributed by atoms with van der Waals surface area (Å²) in [5.41, 5.74) is 2.37. The molecule has 0 saturated heterocycles. The van der Waals surface area contributed by atoms with Gasteiger partial charge in [0, 0.05) is 5.39 Å². The molecular weight excluding hydrogens is 240 g/mol. The van der Waals surface area contributed by atoms with Crippen molar-refractivity contribution in [2.75, 3.05) is 7.11 Å². The predicted molar refractivity (Wildman–Crippen MR) is 72.4 cm³/mol. The Morgan fingerprint density at radius 3 is 2.63 bits per heavy atom. The summed E-state index contributed by atoms with van der Waals surface area (Å²) in [5, 5.41) is 5.14. The Bertz CT molecular complexity index is 732. The van der Waals surface area contributed by atoms with Crippen LogP contribution >= 0.6 is 0 Å². The second kappa shape index (κ2) is 4.57. The Morgan fingerprint density at radius 1 is 1.11 bits per heavy atom. The average molecular weight is 252 g/mol. The van der Waals surface area contributed by atoms with E-state index in [1.165, 1.54) is 7.11 Å². The summed E-state index contributed by atoms with van der Waals surface area (Å²) in [7, 11) is 1.38. The molecule has 0 aliphatic heterocycles. The molecule has 0 aliphatic carbocycles. The SMILES string of the molecule is COC(=O)c1cccc2c1cnn2-c1ccccc1. The number of hydrogen-bond donors (Lipinski definition) is 0. The summed E-state index contributed by atoms with van der Waals surface area (Å²) in [5.74, 6) is -0.349. The molecule has 94 valence electrons. The molecule has 1 aromatic heterocycles. The maximum atomic E-state index is 11.7. The summed E-state index contributed by atoms with van der Waals surface area (Å²) in [6.45, 7) is 0. The minimum atomic E-state index is -0.349. The fourth-order valence-electron chi connectivity index (χ4n) is 2.11. The lowest BCUT2D eigenvalue weighted by Gasteiger charge is -2.04. The Morgan fingerprint density at radius 2 is 1.89 bits per heavy atom. The number of para-hydroxylation sites is 1. The predicted octanol–water partition coefficient (Wildman–Crippen LogP) is 2.81. The minimum absolute atomic E-state index is 0.349. The quantitative estimate of drug-likeness (QED) is 0.659. The molecule has 0 saturated carbocycles. The van der Waals surface area contributed by atoms with Crippen LogP contribution in [0.2, 0.25) is 0 Å². The number of esters is 1. The van der Waals surface area contributed by atoms with E-state index in [1.54, 1.807) is 12.3 Å². The van der Waals surface area contributed by atoms with Crippen molar-refractivity contribution < 1.29 is 9.53 Å². The molecule has 19 heavy (non-hydrogen) atoms. The Hall–Kier alpha value is -2.62. The average Bonchev–Trinajstić information content (AvgIpc) is 2.91. The summed E-state index contributed by atoms with van der Waals surface area (Å²) >= 11 is 0. The van der Waals surface area contributed by atoms with Crippen LogP contribution in [0, 0.1) is 0 Å². The maximum absolute atomic E-state index is 11.7. The fraction of sp³-hybridized carbons (Fsp3) is 0.0667. The summed E-state index contributed by atoms with van der Waals surface area (Å²) < 4.78 is 6.59. The summed E-state index contributed by atoms with van der Waals surface area (Å²) in [4.78, 5) is 11.7. The van der Waals surface area contributed by atoms with Gasteiger partial charge in [-0.15, -0.1) is 0 Å². The molecule has 1 heterocycles. The molecule has 0 unspecified atom stereocenters. The molecule has 3 aromatic rings. The van der Waals surface area contributed by atoms with Crippen LogP contribution in [0.5, 0.6) is 0 Å². The van der Waals surface area contributed by atoms with Gasteiger partial charge in [-0.1, -0.05) is 24.3 Å². The van der Waals surface area contributed by atoms with Crippen LogP contribution in [0.25, 0.3) is 16.6 Å². The molecule has 0 radical (unpaired) electrons. The van der Waals surface area contributed by atoms with Crippen molar-refractivity contribution in [3.8, 4) is 5.69 Å². The number of benzene rings is 2. The van der Waals surface area contributed by atoms with Crippen LogP contribution < -0.4 is 0 Å². The maximum Gasteiger partial charge on any atom is 0.338 e. The minimum Gasteiger partial charge on any atom is -0.465 e. The number of carbonyl (C=O) groups excluding carboxylic acids is 1. The molecule has 0 amide bonds. The van der Waals surface area contributed by atoms with Crippen LogP contribution in [-0.4, -0.2) is 22.9 Å². The number of carbonyl (C=O) groups is 1. The van der Waals surface area contributed by atoms with E-state index in [-0.39, 0.29) is 5.97 Å². The van der Waals surface area contributed by atoms with Crippen LogP contribution in [0.1, 0.15) is 10.4 Å². The van der Waals surface area contributed by atoms with Gasteiger partial charge < -0.3 is 4.74 Å². The van der Waals surface area contributed by atoms with Crippen LogP contribution in [0.3, 0.4) is 0 Å². The third-order valence-electron chi connectivity index (χ3n) is 3.02. The molecule has 0 atom stereocenters. The van der Waals surface area contributed by atoms with E-state index in [4.69, 9.17) is 4.74 Å². The van der Waals surface area contributed by atoms with Crippen LogP contribution in [0.4, 0.5) is 0 Å². The van der Waals surface area contributed by atoms with Gasteiger partial charge in [0.05, 0.1) is 30.1 Å². The largest absolute Gasteiger partial charge is 0.465 e. The standard InChI is InChI=1S/C15H12N2O2/c1-19-15(18)12-8-5-9-14-13(12)10-16-17(14)11-6-3-2-4-7-11/h2-10H,1H3. The van der Waals surface area contributed by atoms with Gasteiger partial charge in [0.2, 0.25) is 0 Å². The smallest absolute Gasteiger partial charge is 0.338 e. The number of rotatable bonds is 2. The van der Waals surface area contributed by atoms with E-state index in [0.717, 1.165) is 16.6 Å². The summed E-state index contributed by atoms with van der Waals surface area (Å²) in [6, 6.07) is 15.3. The van der Waals surface area contributed by atoms with Crippen molar-refractivity contribution in [2.24, 2.45) is 0 Å². The first-order valence-corrected chi connectivity index (χ1v) is 5.92. The second-order valence-corrected chi connectivity index (χ2v) is 4.12. The highest BCUT2D eigenvalue weighted by molar-refractivity contribution is 6.03. The third-order valence-corrected chi connectivity index (χ3v) is 3.02. The summed E-state index contributed by atoms with van der Waals surface area (Å²) in [6.07, 6.45) is 1.69. The van der Waals surface area contributed by atoms with Gasteiger partial charge >= 0.3 is 5.97 Å². The molecule has 4 nitrogen and oxygen atoms in total. The highest BCUT2D eigenvalue weighted by Crippen LogP contribution is 2.22. The van der Waals surface area contributed by atoms with E-state index >= 15 is 0 Å². The van der Waals surface area contributed by atoms with Crippen molar-refractivity contribution in [3.05, 3.63) is 60.3 Å². The van der Waals surface area contributed by atoms with Gasteiger partial charge in [-0.05, 0) is 24.3 Å². The molecule has 0 fully saturated rings.